The van der Waals surface area contributed by atoms with Gasteiger partial charge in [0.25, 0.3) is 5.91 Å². The summed E-state index contributed by atoms with van der Waals surface area (Å²) in [7, 11) is -3.81. The van der Waals surface area contributed by atoms with E-state index in [1.165, 1.54) is 22.6 Å². The molecule has 1 saturated heterocycles. The Morgan fingerprint density at radius 3 is 2.68 bits per heavy atom. The maximum Gasteiger partial charge on any atom is 0.259 e. The Morgan fingerprint density at radius 2 is 1.97 bits per heavy atom. The highest BCUT2D eigenvalue weighted by Gasteiger charge is 2.29. The molecule has 0 bridgehead atoms. The molecule has 31 heavy (non-hydrogen) atoms. The van der Waals surface area contributed by atoms with Crippen LogP contribution in [0.15, 0.2) is 53.7 Å². The van der Waals surface area contributed by atoms with E-state index in [2.05, 4.69) is 15.4 Å². The molecule has 1 aromatic carbocycles. The van der Waals surface area contributed by atoms with Gasteiger partial charge in [-0.3, -0.25) is 4.79 Å². The summed E-state index contributed by atoms with van der Waals surface area (Å²) in [5.74, 6) is 0.168. The van der Waals surface area contributed by atoms with Gasteiger partial charge in [-0.05, 0) is 37.3 Å². The van der Waals surface area contributed by atoms with E-state index < -0.39 is 15.9 Å². The molecule has 0 unspecified atom stereocenters. The Balaban J connectivity index is 1.59. The number of morpholine rings is 1. The zero-order chi connectivity index (χ0) is 22.0. The Morgan fingerprint density at radius 1 is 1.19 bits per heavy atom. The van der Waals surface area contributed by atoms with Crippen LogP contribution < -0.4 is 5.32 Å². The van der Waals surface area contributed by atoms with E-state index >= 15 is 0 Å². The lowest BCUT2D eigenvalue weighted by Crippen LogP contribution is -2.40. The number of ether oxygens (including phenoxy) is 1. The molecule has 3 heterocycles. The number of pyridine rings is 1. The van der Waals surface area contributed by atoms with E-state index in [9.17, 15) is 13.2 Å². The number of hydrogen-bond donors (Lipinski definition) is 1. The molecule has 1 aliphatic rings. The summed E-state index contributed by atoms with van der Waals surface area (Å²) in [6.07, 6.45) is 3.08. The van der Waals surface area contributed by atoms with Gasteiger partial charge < -0.3 is 10.1 Å². The molecule has 4 rings (SSSR count). The smallest absolute Gasteiger partial charge is 0.259 e. The molecule has 3 aromatic rings. The number of hydrogen-bond acceptors (Lipinski definition) is 6. The number of nitrogens with zero attached hydrogens (tertiary/aromatic N) is 4. The second kappa shape index (κ2) is 8.75. The summed E-state index contributed by atoms with van der Waals surface area (Å²) < 4.78 is 34.1. The Kier molecular flexibility index (Phi) is 6.05. The van der Waals surface area contributed by atoms with Gasteiger partial charge in [0.1, 0.15) is 4.90 Å². The quantitative estimate of drug-likeness (QED) is 0.625. The number of benzene rings is 1. The number of sulfonamides is 1. The molecular weight excluding hydrogens is 442 g/mol. The molecule has 1 amide bonds. The van der Waals surface area contributed by atoms with Crippen LogP contribution in [-0.4, -0.2) is 59.7 Å². The Hall–Kier alpha value is -2.79. The van der Waals surface area contributed by atoms with Crippen LogP contribution in [0.1, 0.15) is 16.1 Å². The lowest BCUT2D eigenvalue weighted by atomic mass is 10.2. The number of carbonyl (C=O) groups is 1. The highest BCUT2D eigenvalue weighted by molar-refractivity contribution is 7.89. The maximum atomic E-state index is 13.0. The third-order valence-electron chi connectivity index (χ3n) is 4.90. The summed E-state index contributed by atoms with van der Waals surface area (Å²) in [5.41, 5.74) is 1.26. The monoisotopic (exact) mass is 461 g/mol. The van der Waals surface area contributed by atoms with Crippen LogP contribution in [0, 0.1) is 6.92 Å². The van der Waals surface area contributed by atoms with E-state index in [4.69, 9.17) is 16.3 Å². The summed E-state index contributed by atoms with van der Waals surface area (Å²) >= 11 is 6.18. The van der Waals surface area contributed by atoms with Gasteiger partial charge in [0.15, 0.2) is 5.82 Å². The first kappa shape index (κ1) is 21.4. The van der Waals surface area contributed by atoms with Crippen molar-refractivity contribution < 1.29 is 17.9 Å². The fourth-order valence-electron chi connectivity index (χ4n) is 3.25. The second-order valence-electron chi connectivity index (χ2n) is 6.86. The van der Waals surface area contributed by atoms with Crippen molar-refractivity contribution in [2.24, 2.45) is 0 Å². The van der Waals surface area contributed by atoms with Crippen LogP contribution in [0.3, 0.4) is 0 Å². The molecule has 9 nitrogen and oxygen atoms in total. The molecule has 0 saturated carbocycles. The number of anilines is 1. The summed E-state index contributed by atoms with van der Waals surface area (Å²) in [6.45, 7) is 2.91. The molecule has 2 aromatic heterocycles. The van der Waals surface area contributed by atoms with E-state index in [1.54, 1.807) is 36.0 Å². The Bertz CT molecular complexity index is 1210. The van der Waals surface area contributed by atoms with E-state index in [0.29, 0.717) is 36.0 Å². The number of nitrogens with one attached hydrogen (secondary N) is 1. The minimum Gasteiger partial charge on any atom is -0.379 e. The van der Waals surface area contributed by atoms with Gasteiger partial charge in [-0.25, -0.2) is 18.1 Å². The van der Waals surface area contributed by atoms with Crippen molar-refractivity contribution in [2.45, 2.75) is 11.8 Å². The first-order valence-corrected chi connectivity index (χ1v) is 11.3. The molecule has 0 atom stereocenters. The summed E-state index contributed by atoms with van der Waals surface area (Å²) in [6, 6.07) is 9.77. The van der Waals surface area contributed by atoms with E-state index in [-0.39, 0.29) is 23.0 Å². The number of rotatable bonds is 5. The molecule has 162 valence electrons. The van der Waals surface area contributed by atoms with Gasteiger partial charge >= 0.3 is 0 Å². The maximum absolute atomic E-state index is 13.0. The van der Waals surface area contributed by atoms with Crippen molar-refractivity contribution in [3.8, 4) is 5.82 Å². The Labute approximate surface area is 184 Å². The van der Waals surface area contributed by atoms with Crippen LogP contribution >= 0.6 is 11.6 Å². The molecule has 1 fully saturated rings. The zero-order valence-electron chi connectivity index (χ0n) is 16.7. The van der Waals surface area contributed by atoms with Crippen LogP contribution in [0.5, 0.6) is 0 Å². The molecule has 1 aliphatic heterocycles. The minimum absolute atomic E-state index is 0.0604. The van der Waals surface area contributed by atoms with Crippen LogP contribution in [0.25, 0.3) is 5.82 Å². The second-order valence-corrected chi connectivity index (χ2v) is 9.17. The van der Waals surface area contributed by atoms with Crippen LogP contribution in [0.2, 0.25) is 5.02 Å². The van der Waals surface area contributed by atoms with Crippen molar-refractivity contribution in [3.05, 3.63) is 65.1 Å². The van der Waals surface area contributed by atoms with Crippen molar-refractivity contribution in [1.29, 1.82) is 0 Å². The molecule has 0 spiro atoms. The average Bonchev–Trinajstić information content (AvgIpc) is 3.17. The highest BCUT2D eigenvalue weighted by atomic mass is 35.5. The predicted octanol–water partition coefficient (Wildman–Crippen LogP) is 2.50. The highest BCUT2D eigenvalue weighted by Crippen LogP contribution is 2.28. The van der Waals surface area contributed by atoms with Crippen molar-refractivity contribution in [2.75, 3.05) is 31.6 Å². The topological polar surface area (TPSA) is 106 Å². The van der Waals surface area contributed by atoms with E-state index in [1.807, 2.05) is 6.07 Å². The lowest BCUT2D eigenvalue weighted by Gasteiger charge is -2.26. The molecular formula is C20H20ClN5O4S. The van der Waals surface area contributed by atoms with Crippen LogP contribution in [-0.2, 0) is 14.8 Å². The number of halogens is 1. The van der Waals surface area contributed by atoms with Crippen molar-refractivity contribution >= 4 is 33.2 Å². The lowest BCUT2D eigenvalue weighted by molar-refractivity contribution is 0.0730. The summed E-state index contributed by atoms with van der Waals surface area (Å²) in [5, 5.41) is 7.05. The minimum atomic E-state index is -3.81. The van der Waals surface area contributed by atoms with Crippen molar-refractivity contribution in [1.82, 2.24) is 19.1 Å². The number of amides is 1. The van der Waals surface area contributed by atoms with Crippen LogP contribution in [0.4, 0.5) is 5.69 Å². The fourth-order valence-corrected chi connectivity index (χ4v) is 5.15. The zero-order valence-corrected chi connectivity index (χ0v) is 18.2. The van der Waals surface area contributed by atoms with Gasteiger partial charge in [-0.15, -0.1) is 0 Å². The van der Waals surface area contributed by atoms with Gasteiger partial charge in [0.05, 0.1) is 35.7 Å². The number of carbonyl (C=O) groups excluding carboxylic acids is 1. The largest absolute Gasteiger partial charge is 0.379 e. The van der Waals surface area contributed by atoms with Gasteiger partial charge in [0.2, 0.25) is 10.0 Å². The molecule has 0 aliphatic carbocycles. The normalized spacial score (nSPS) is 15.0. The first-order valence-electron chi connectivity index (χ1n) is 9.53. The third-order valence-corrected chi connectivity index (χ3v) is 7.28. The molecule has 11 heteroatoms. The molecule has 0 radical (unpaired) electrons. The summed E-state index contributed by atoms with van der Waals surface area (Å²) in [4.78, 5) is 17.0. The standard InChI is InChI=1S/C20H20ClN5O4S/c1-14-16(13-23-26(14)19-4-2-3-7-22-19)20(27)24-15-5-6-17(21)18(12-15)31(28,29)25-8-10-30-11-9-25/h2-7,12-13H,8-11H2,1H3,(H,24,27). The fraction of sp³-hybridized carbons (Fsp3) is 0.250. The van der Waals surface area contributed by atoms with E-state index in [0.717, 1.165) is 0 Å². The van der Waals surface area contributed by atoms with Gasteiger partial charge in [-0.2, -0.15) is 9.40 Å². The van der Waals surface area contributed by atoms with Crippen molar-refractivity contribution in [3.63, 3.8) is 0 Å². The predicted molar refractivity (Wildman–Crippen MR) is 115 cm³/mol. The average molecular weight is 462 g/mol. The SMILES string of the molecule is Cc1c(C(=O)Nc2ccc(Cl)c(S(=O)(=O)N3CCOCC3)c2)cnn1-c1ccccn1. The first-order chi connectivity index (χ1) is 14.9. The van der Waals surface area contributed by atoms with Gasteiger partial charge in [-0.1, -0.05) is 17.7 Å². The third kappa shape index (κ3) is 4.33. The number of aromatic nitrogens is 3. The van der Waals surface area contributed by atoms with Gasteiger partial charge in [0, 0.05) is 25.0 Å². The molecule has 1 N–H and O–H groups in total.